The number of para-hydroxylation sites is 1. The van der Waals surface area contributed by atoms with Crippen molar-refractivity contribution >= 4 is 22.4 Å². The third-order valence-corrected chi connectivity index (χ3v) is 4.13. The number of benzene rings is 4. The average Bonchev–Trinajstić information content (AvgIpc) is 2.70. The number of fused-ring (bicyclic) bond motifs is 1. The van der Waals surface area contributed by atoms with Crippen LogP contribution in [-0.2, 0) is 0 Å². The lowest BCUT2D eigenvalue weighted by Gasteiger charge is -2.10. The lowest BCUT2D eigenvalue weighted by Crippen LogP contribution is -2.11. The Kier molecular flexibility index (Phi) is 4.35. The molecule has 0 heterocycles. The van der Waals surface area contributed by atoms with E-state index in [0.29, 0.717) is 11.3 Å². The van der Waals surface area contributed by atoms with Gasteiger partial charge < -0.3 is 10.1 Å². The van der Waals surface area contributed by atoms with Crippen LogP contribution in [0.5, 0.6) is 11.5 Å². The monoisotopic (exact) mass is 339 g/mol. The lowest BCUT2D eigenvalue weighted by molar-refractivity contribution is 0.102. The Morgan fingerprint density at radius 1 is 0.654 bits per heavy atom. The lowest BCUT2D eigenvalue weighted by atomic mass is 10.1. The first-order chi connectivity index (χ1) is 12.8. The van der Waals surface area contributed by atoms with Gasteiger partial charge >= 0.3 is 0 Å². The zero-order valence-electron chi connectivity index (χ0n) is 14.1. The predicted octanol–water partition coefficient (Wildman–Crippen LogP) is 5.88. The number of carbonyl (C=O) groups excluding carboxylic acids is 1. The number of ether oxygens (including phenoxy) is 1. The molecule has 0 atom stereocenters. The van der Waals surface area contributed by atoms with Gasteiger partial charge in [-0.2, -0.15) is 0 Å². The second kappa shape index (κ2) is 7.11. The highest BCUT2D eigenvalue weighted by Crippen LogP contribution is 2.24. The Bertz CT molecular complexity index is 1040. The van der Waals surface area contributed by atoms with Crippen LogP contribution in [0, 0.1) is 0 Å². The van der Waals surface area contributed by atoms with Gasteiger partial charge in [-0.25, -0.2) is 0 Å². The number of amides is 1. The normalized spacial score (nSPS) is 10.5. The summed E-state index contributed by atoms with van der Waals surface area (Å²) in [7, 11) is 0. The summed E-state index contributed by atoms with van der Waals surface area (Å²) in [6.07, 6.45) is 0. The second-order valence-electron chi connectivity index (χ2n) is 5.92. The summed E-state index contributed by atoms with van der Waals surface area (Å²) in [5.41, 5.74) is 1.39. The van der Waals surface area contributed by atoms with Gasteiger partial charge in [0.25, 0.3) is 5.91 Å². The number of hydrogen-bond acceptors (Lipinski definition) is 2. The summed E-state index contributed by atoms with van der Waals surface area (Å²) >= 11 is 0. The van der Waals surface area contributed by atoms with Gasteiger partial charge in [0.15, 0.2) is 0 Å². The molecule has 0 spiro atoms. The van der Waals surface area contributed by atoms with E-state index in [1.54, 1.807) is 24.3 Å². The zero-order valence-corrected chi connectivity index (χ0v) is 14.1. The molecule has 0 unspecified atom stereocenters. The third kappa shape index (κ3) is 3.42. The summed E-state index contributed by atoms with van der Waals surface area (Å²) < 4.78 is 5.76. The SMILES string of the molecule is O=C(Nc1cccc2ccccc12)c1ccc(Oc2ccccc2)cc1. The molecule has 4 aromatic rings. The number of nitrogens with one attached hydrogen (secondary N) is 1. The molecule has 26 heavy (non-hydrogen) atoms. The topological polar surface area (TPSA) is 38.3 Å². The highest BCUT2D eigenvalue weighted by Gasteiger charge is 2.08. The van der Waals surface area contributed by atoms with Crippen LogP contribution in [0.3, 0.4) is 0 Å². The standard InChI is InChI=1S/C23H17NO2/c25-23(24-22-12-6-8-17-7-4-5-11-21(17)22)18-13-15-20(16-14-18)26-19-9-2-1-3-10-19/h1-16H,(H,24,25). The molecule has 1 amide bonds. The van der Waals surface area contributed by atoms with E-state index in [2.05, 4.69) is 5.32 Å². The first-order valence-corrected chi connectivity index (χ1v) is 8.42. The summed E-state index contributed by atoms with van der Waals surface area (Å²) in [6, 6.07) is 30.5. The molecular formula is C23H17NO2. The van der Waals surface area contributed by atoms with Gasteiger partial charge in [-0.05, 0) is 47.9 Å². The molecule has 4 aromatic carbocycles. The van der Waals surface area contributed by atoms with Crippen LogP contribution in [0.1, 0.15) is 10.4 Å². The van der Waals surface area contributed by atoms with Crippen LogP contribution in [0.25, 0.3) is 10.8 Å². The minimum atomic E-state index is -0.146. The van der Waals surface area contributed by atoms with Crippen molar-refractivity contribution in [3.8, 4) is 11.5 Å². The number of carbonyl (C=O) groups is 1. The van der Waals surface area contributed by atoms with Crippen molar-refractivity contribution in [1.29, 1.82) is 0 Å². The van der Waals surface area contributed by atoms with Crippen molar-refractivity contribution in [2.75, 3.05) is 5.32 Å². The van der Waals surface area contributed by atoms with Crippen molar-refractivity contribution < 1.29 is 9.53 Å². The largest absolute Gasteiger partial charge is 0.457 e. The predicted molar refractivity (Wildman–Crippen MR) is 105 cm³/mol. The fraction of sp³-hybridized carbons (Fsp3) is 0. The first kappa shape index (κ1) is 15.9. The smallest absolute Gasteiger partial charge is 0.255 e. The minimum Gasteiger partial charge on any atom is -0.457 e. The molecule has 3 nitrogen and oxygen atoms in total. The highest BCUT2D eigenvalue weighted by molar-refractivity contribution is 6.09. The Morgan fingerprint density at radius 2 is 1.31 bits per heavy atom. The van der Waals surface area contributed by atoms with E-state index in [0.717, 1.165) is 22.2 Å². The molecule has 1 N–H and O–H groups in total. The van der Waals surface area contributed by atoms with E-state index >= 15 is 0 Å². The number of rotatable bonds is 4. The summed E-state index contributed by atoms with van der Waals surface area (Å²) in [5, 5.41) is 5.11. The maximum Gasteiger partial charge on any atom is 0.255 e. The van der Waals surface area contributed by atoms with E-state index in [1.807, 2.05) is 72.8 Å². The molecule has 0 aromatic heterocycles. The fourth-order valence-electron chi connectivity index (χ4n) is 2.83. The van der Waals surface area contributed by atoms with Crippen molar-refractivity contribution in [2.24, 2.45) is 0 Å². The van der Waals surface area contributed by atoms with Crippen LogP contribution < -0.4 is 10.1 Å². The Balaban J connectivity index is 1.51. The summed E-state index contributed by atoms with van der Waals surface area (Å²) in [6.45, 7) is 0. The third-order valence-electron chi connectivity index (χ3n) is 4.13. The van der Waals surface area contributed by atoms with Crippen molar-refractivity contribution in [3.05, 3.63) is 103 Å². The van der Waals surface area contributed by atoms with Crippen LogP contribution in [0.15, 0.2) is 97.1 Å². The summed E-state index contributed by atoms with van der Waals surface area (Å²) in [5.74, 6) is 1.31. The summed E-state index contributed by atoms with van der Waals surface area (Å²) in [4.78, 5) is 12.6. The van der Waals surface area contributed by atoms with E-state index < -0.39 is 0 Å². The van der Waals surface area contributed by atoms with E-state index in [9.17, 15) is 4.79 Å². The Labute approximate surface area is 151 Å². The molecule has 0 bridgehead atoms. The molecule has 3 heteroatoms. The van der Waals surface area contributed by atoms with Gasteiger partial charge in [0, 0.05) is 16.6 Å². The Hall–Kier alpha value is -3.59. The molecule has 0 fully saturated rings. The maximum absolute atomic E-state index is 12.6. The van der Waals surface area contributed by atoms with E-state index in [4.69, 9.17) is 4.74 Å². The first-order valence-electron chi connectivity index (χ1n) is 8.42. The molecule has 0 aliphatic heterocycles. The van der Waals surface area contributed by atoms with Gasteiger partial charge in [0.05, 0.1) is 0 Å². The van der Waals surface area contributed by atoms with Crippen molar-refractivity contribution in [2.45, 2.75) is 0 Å². The minimum absolute atomic E-state index is 0.146. The Morgan fingerprint density at radius 3 is 2.12 bits per heavy atom. The van der Waals surface area contributed by atoms with Crippen LogP contribution in [-0.4, -0.2) is 5.91 Å². The van der Waals surface area contributed by atoms with Crippen LogP contribution >= 0.6 is 0 Å². The van der Waals surface area contributed by atoms with E-state index in [1.165, 1.54) is 0 Å². The van der Waals surface area contributed by atoms with Gasteiger partial charge in [0.2, 0.25) is 0 Å². The maximum atomic E-state index is 12.6. The fourth-order valence-corrected chi connectivity index (χ4v) is 2.83. The van der Waals surface area contributed by atoms with Gasteiger partial charge in [-0.3, -0.25) is 4.79 Å². The van der Waals surface area contributed by atoms with E-state index in [-0.39, 0.29) is 5.91 Å². The molecule has 0 radical (unpaired) electrons. The zero-order chi connectivity index (χ0) is 17.8. The van der Waals surface area contributed by atoms with Gasteiger partial charge in [-0.1, -0.05) is 54.6 Å². The molecule has 4 rings (SSSR count). The van der Waals surface area contributed by atoms with Crippen molar-refractivity contribution in [3.63, 3.8) is 0 Å². The number of anilines is 1. The molecule has 0 saturated heterocycles. The quantitative estimate of drug-likeness (QED) is 0.504. The number of hydrogen-bond donors (Lipinski definition) is 1. The van der Waals surface area contributed by atoms with Crippen LogP contribution in [0.2, 0.25) is 0 Å². The molecule has 0 aliphatic rings. The van der Waals surface area contributed by atoms with Gasteiger partial charge in [0.1, 0.15) is 11.5 Å². The average molecular weight is 339 g/mol. The molecular weight excluding hydrogens is 322 g/mol. The second-order valence-corrected chi connectivity index (χ2v) is 5.92. The van der Waals surface area contributed by atoms with Crippen molar-refractivity contribution in [1.82, 2.24) is 0 Å². The van der Waals surface area contributed by atoms with Crippen LogP contribution in [0.4, 0.5) is 5.69 Å². The molecule has 126 valence electrons. The highest BCUT2D eigenvalue weighted by atomic mass is 16.5. The van der Waals surface area contributed by atoms with Gasteiger partial charge in [-0.15, -0.1) is 0 Å². The molecule has 0 aliphatic carbocycles. The molecule has 0 saturated carbocycles.